The molecule has 0 amide bonds. The molecule has 0 saturated carbocycles. The van der Waals surface area contributed by atoms with Gasteiger partial charge in [0.25, 0.3) is 0 Å². The Morgan fingerprint density at radius 1 is 1.32 bits per heavy atom. The normalized spacial score (nSPS) is 20.3. The summed E-state index contributed by atoms with van der Waals surface area (Å²) in [5.41, 5.74) is 6.11. The maximum atomic E-state index is 12.9. The Labute approximate surface area is 165 Å². The van der Waals surface area contributed by atoms with Crippen LogP contribution in [0.25, 0.3) is 5.70 Å². The van der Waals surface area contributed by atoms with Gasteiger partial charge in [0.15, 0.2) is 5.78 Å². The lowest BCUT2D eigenvalue weighted by atomic mass is 10.00. The second kappa shape index (κ2) is 9.27. The number of ketones is 1. The minimum absolute atomic E-state index is 0.0931. The molecule has 1 aromatic heterocycles. The second-order valence-corrected chi connectivity index (χ2v) is 6.69. The van der Waals surface area contributed by atoms with Crippen LogP contribution in [0.3, 0.4) is 0 Å². The highest BCUT2D eigenvalue weighted by Crippen LogP contribution is 2.25. The van der Waals surface area contributed by atoms with Crippen molar-refractivity contribution in [2.24, 2.45) is 5.10 Å². The van der Waals surface area contributed by atoms with E-state index in [0.29, 0.717) is 23.4 Å². The topological polar surface area (TPSA) is 87.4 Å². The number of carbonyl (C=O) groups is 1. The summed E-state index contributed by atoms with van der Waals surface area (Å²) < 4.78 is 0. The van der Waals surface area contributed by atoms with Crippen molar-refractivity contribution in [1.29, 1.82) is 0 Å². The van der Waals surface area contributed by atoms with E-state index in [4.69, 9.17) is 0 Å². The molecule has 28 heavy (non-hydrogen) atoms. The predicted molar refractivity (Wildman–Crippen MR) is 110 cm³/mol. The molecule has 0 aromatic carbocycles. The van der Waals surface area contributed by atoms with Crippen molar-refractivity contribution < 1.29 is 4.79 Å². The monoisotopic (exact) mass is 381 g/mol. The fraction of sp³-hybridized carbons (Fsp3) is 0.400. The van der Waals surface area contributed by atoms with Gasteiger partial charge in [-0.3, -0.25) is 10.2 Å². The van der Waals surface area contributed by atoms with Gasteiger partial charge in [0.05, 0.1) is 23.8 Å². The van der Waals surface area contributed by atoms with Crippen LogP contribution in [0, 0.1) is 0 Å². The van der Waals surface area contributed by atoms with Crippen LogP contribution in [-0.4, -0.2) is 57.7 Å². The summed E-state index contributed by atoms with van der Waals surface area (Å²) in [6.07, 6.45) is 9.74. The third-order valence-corrected chi connectivity index (χ3v) is 4.88. The van der Waals surface area contributed by atoms with Gasteiger partial charge >= 0.3 is 0 Å². The van der Waals surface area contributed by atoms with Crippen LogP contribution in [-0.2, 0) is 4.79 Å². The first-order valence-corrected chi connectivity index (χ1v) is 9.56. The molecule has 0 unspecified atom stereocenters. The van der Waals surface area contributed by atoms with Crippen molar-refractivity contribution in [2.45, 2.75) is 26.7 Å². The van der Waals surface area contributed by atoms with Gasteiger partial charge in [0.1, 0.15) is 5.84 Å². The number of hydrazone groups is 1. The fourth-order valence-electron chi connectivity index (χ4n) is 3.19. The molecule has 0 atom stereocenters. The number of carbonyl (C=O) groups excluding carboxylic acids is 1. The standard InChI is InChI=1S/C20H27N7O/c1-4-16-12-17(27-22-6-7-23-27)14-20(28)18(13-16)19(5-2)25-24-15(3)26-10-8-21-9-11-26/h5-7,12,14,21,25H,2,4,8-11,13H2,1,3H3/b19-18-,24-15+. The van der Waals surface area contributed by atoms with Gasteiger partial charge in [-0.15, -0.1) is 0 Å². The molecule has 8 nitrogen and oxygen atoms in total. The lowest BCUT2D eigenvalue weighted by Gasteiger charge is -2.28. The van der Waals surface area contributed by atoms with E-state index in [0.717, 1.165) is 44.0 Å². The number of nitrogens with zero attached hydrogens (tertiary/aromatic N) is 5. The molecule has 8 heteroatoms. The number of hydrogen-bond donors (Lipinski definition) is 2. The van der Waals surface area contributed by atoms with E-state index in [1.165, 1.54) is 4.80 Å². The summed E-state index contributed by atoms with van der Waals surface area (Å²) in [5.74, 6) is 0.801. The third kappa shape index (κ3) is 4.64. The van der Waals surface area contributed by atoms with Gasteiger partial charge in [0, 0.05) is 37.8 Å². The first-order valence-electron chi connectivity index (χ1n) is 9.56. The van der Waals surface area contributed by atoms with E-state index < -0.39 is 0 Å². The summed E-state index contributed by atoms with van der Waals surface area (Å²) >= 11 is 0. The lowest BCUT2D eigenvalue weighted by Crippen LogP contribution is -2.46. The van der Waals surface area contributed by atoms with E-state index >= 15 is 0 Å². The zero-order valence-electron chi connectivity index (χ0n) is 16.5. The number of piperazine rings is 1. The average Bonchev–Trinajstić information content (AvgIpc) is 3.21. The van der Waals surface area contributed by atoms with E-state index in [-0.39, 0.29) is 5.78 Å². The van der Waals surface area contributed by atoms with Crippen molar-refractivity contribution in [2.75, 3.05) is 26.2 Å². The third-order valence-electron chi connectivity index (χ3n) is 4.88. The minimum atomic E-state index is -0.0931. The quantitative estimate of drug-likeness (QED) is 0.349. The Morgan fingerprint density at radius 3 is 2.68 bits per heavy atom. The van der Waals surface area contributed by atoms with E-state index in [2.05, 4.69) is 44.4 Å². The molecule has 1 fully saturated rings. The summed E-state index contributed by atoms with van der Waals surface area (Å²) in [6.45, 7) is 11.6. The molecule has 1 aliphatic carbocycles. The number of rotatable bonds is 5. The van der Waals surface area contributed by atoms with E-state index in [9.17, 15) is 4.79 Å². The van der Waals surface area contributed by atoms with Crippen molar-refractivity contribution in [3.8, 4) is 0 Å². The van der Waals surface area contributed by atoms with Crippen LogP contribution < -0.4 is 10.7 Å². The molecular weight excluding hydrogens is 354 g/mol. The summed E-state index contributed by atoms with van der Waals surface area (Å²) in [6, 6.07) is 0. The zero-order chi connectivity index (χ0) is 19.9. The van der Waals surface area contributed by atoms with Gasteiger partial charge < -0.3 is 10.2 Å². The van der Waals surface area contributed by atoms with Crippen molar-refractivity contribution in [3.63, 3.8) is 0 Å². The molecule has 3 rings (SSSR count). The largest absolute Gasteiger partial charge is 0.356 e. The van der Waals surface area contributed by atoms with Crippen LogP contribution in [0.2, 0.25) is 0 Å². The SMILES string of the molecule is C=C/C(N/N=C(\C)N1CCNCC1)=C1\CC(CC)=CC(n2nccn2)=CC1=O. The lowest BCUT2D eigenvalue weighted by molar-refractivity contribution is -0.111. The highest BCUT2D eigenvalue weighted by Gasteiger charge is 2.19. The minimum Gasteiger partial charge on any atom is -0.356 e. The fourth-order valence-corrected chi connectivity index (χ4v) is 3.19. The van der Waals surface area contributed by atoms with Crippen LogP contribution in [0.4, 0.5) is 0 Å². The van der Waals surface area contributed by atoms with Gasteiger partial charge in [-0.05, 0) is 31.9 Å². The first-order chi connectivity index (χ1) is 13.6. The van der Waals surface area contributed by atoms with E-state index in [1.54, 1.807) is 24.5 Å². The molecule has 1 saturated heterocycles. The second-order valence-electron chi connectivity index (χ2n) is 6.69. The van der Waals surface area contributed by atoms with Gasteiger partial charge in [-0.1, -0.05) is 19.1 Å². The van der Waals surface area contributed by atoms with Crippen LogP contribution in [0.15, 0.2) is 59.1 Å². The molecule has 0 radical (unpaired) electrons. The first kappa shape index (κ1) is 19.8. The number of aromatic nitrogens is 3. The molecular formula is C20H27N7O. The number of allylic oxidation sites excluding steroid dienone is 6. The van der Waals surface area contributed by atoms with Crippen LogP contribution in [0.5, 0.6) is 0 Å². The molecule has 0 bridgehead atoms. The number of amidine groups is 1. The molecule has 148 valence electrons. The zero-order valence-corrected chi connectivity index (χ0v) is 16.5. The average molecular weight is 381 g/mol. The Balaban J connectivity index is 1.87. The molecule has 2 heterocycles. The van der Waals surface area contributed by atoms with Gasteiger partial charge in [-0.2, -0.15) is 20.1 Å². The predicted octanol–water partition coefficient (Wildman–Crippen LogP) is 1.70. The van der Waals surface area contributed by atoms with Crippen molar-refractivity contribution >= 4 is 17.3 Å². The van der Waals surface area contributed by atoms with Gasteiger partial charge in [-0.25, -0.2) is 0 Å². The van der Waals surface area contributed by atoms with Crippen molar-refractivity contribution in [1.82, 2.24) is 30.6 Å². The van der Waals surface area contributed by atoms with Gasteiger partial charge in [0.2, 0.25) is 0 Å². The van der Waals surface area contributed by atoms with Crippen LogP contribution >= 0.6 is 0 Å². The molecule has 1 aromatic rings. The summed E-state index contributed by atoms with van der Waals surface area (Å²) in [7, 11) is 0. The number of hydrogen-bond acceptors (Lipinski definition) is 6. The molecule has 1 aliphatic heterocycles. The highest BCUT2D eigenvalue weighted by molar-refractivity contribution is 6.09. The Bertz CT molecular complexity index is 840. The maximum absolute atomic E-state index is 12.9. The maximum Gasteiger partial charge on any atom is 0.186 e. The molecule has 2 N–H and O–H groups in total. The Kier molecular flexibility index (Phi) is 6.54. The molecule has 0 spiro atoms. The van der Waals surface area contributed by atoms with E-state index in [1.807, 2.05) is 13.0 Å². The van der Waals surface area contributed by atoms with Crippen LogP contribution in [0.1, 0.15) is 26.7 Å². The smallest absolute Gasteiger partial charge is 0.186 e. The summed E-state index contributed by atoms with van der Waals surface area (Å²) in [4.78, 5) is 16.6. The Hall–Kier alpha value is -3.00. The molecule has 2 aliphatic rings. The summed E-state index contributed by atoms with van der Waals surface area (Å²) in [5, 5.41) is 16.1. The highest BCUT2D eigenvalue weighted by atomic mass is 16.1. The Morgan fingerprint density at radius 2 is 2.04 bits per heavy atom. The number of nitrogens with one attached hydrogen (secondary N) is 2. The van der Waals surface area contributed by atoms with Crippen molar-refractivity contribution in [3.05, 3.63) is 54.0 Å².